The maximum Gasteiger partial charge on any atom is 0.287 e. The predicted molar refractivity (Wildman–Crippen MR) is 87.9 cm³/mol. The molecular formula is C15H15ClN6O. The second-order valence-electron chi connectivity index (χ2n) is 5.26. The van der Waals surface area contributed by atoms with Crippen molar-refractivity contribution in [1.29, 1.82) is 5.26 Å². The summed E-state index contributed by atoms with van der Waals surface area (Å²) in [5.74, 6) is 0.844. The second-order valence-corrected chi connectivity index (χ2v) is 5.64. The van der Waals surface area contributed by atoms with Gasteiger partial charge in [-0.25, -0.2) is 9.67 Å². The number of nitriles is 1. The number of halogens is 1. The number of piperazine rings is 1. The van der Waals surface area contributed by atoms with E-state index in [2.05, 4.69) is 26.0 Å². The summed E-state index contributed by atoms with van der Waals surface area (Å²) in [6.45, 7) is 2.95. The molecule has 0 bridgehead atoms. The number of pyridine rings is 1. The Hall–Kier alpha value is -2.59. The summed E-state index contributed by atoms with van der Waals surface area (Å²) in [5.41, 5.74) is 0.924. The van der Waals surface area contributed by atoms with Crippen molar-refractivity contribution >= 4 is 23.1 Å². The molecule has 23 heavy (non-hydrogen) atoms. The standard InChI is InChI=1S/C15H15ClN6O/c1-20-15(23)14(16)12(10-19-20)21-4-6-22(7-5-21)13-3-2-11(8-17)9-18-13/h2-3,9-10H,4-7H2,1H3. The average molecular weight is 331 g/mol. The maximum absolute atomic E-state index is 11.9. The van der Waals surface area contributed by atoms with Gasteiger partial charge in [0.2, 0.25) is 0 Å². The molecule has 0 aliphatic carbocycles. The van der Waals surface area contributed by atoms with Crippen molar-refractivity contribution < 1.29 is 0 Å². The van der Waals surface area contributed by atoms with Crippen molar-refractivity contribution in [2.75, 3.05) is 36.0 Å². The summed E-state index contributed by atoms with van der Waals surface area (Å²) in [6.07, 6.45) is 3.20. The van der Waals surface area contributed by atoms with Crippen LogP contribution in [0.5, 0.6) is 0 Å². The molecule has 118 valence electrons. The highest BCUT2D eigenvalue weighted by molar-refractivity contribution is 6.33. The Kier molecular flexibility index (Phi) is 4.17. The third-order valence-corrected chi connectivity index (χ3v) is 4.24. The molecule has 7 nitrogen and oxygen atoms in total. The fraction of sp³-hybridized carbons (Fsp3) is 0.333. The largest absolute Gasteiger partial charge is 0.365 e. The van der Waals surface area contributed by atoms with Crippen molar-refractivity contribution in [3.63, 3.8) is 0 Å². The molecule has 8 heteroatoms. The van der Waals surface area contributed by atoms with Gasteiger partial charge in [-0.15, -0.1) is 0 Å². The van der Waals surface area contributed by atoms with E-state index in [0.29, 0.717) is 11.3 Å². The van der Waals surface area contributed by atoms with Gasteiger partial charge < -0.3 is 9.80 Å². The van der Waals surface area contributed by atoms with E-state index < -0.39 is 0 Å². The fourth-order valence-corrected chi connectivity index (χ4v) is 2.83. The minimum absolute atomic E-state index is 0.201. The Morgan fingerprint density at radius 2 is 1.87 bits per heavy atom. The number of rotatable bonds is 2. The molecule has 2 aromatic rings. The molecule has 1 fully saturated rings. The van der Waals surface area contributed by atoms with Gasteiger partial charge in [0.05, 0.1) is 17.4 Å². The first-order valence-electron chi connectivity index (χ1n) is 7.18. The molecule has 0 radical (unpaired) electrons. The van der Waals surface area contributed by atoms with Crippen LogP contribution in [0.3, 0.4) is 0 Å². The number of aryl methyl sites for hydroxylation is 1. The lowest BCUT2D eigenvalue weighted by Crippen LogP contribution is -2.47. The number of hydrogen-bond acceptors (Lipinski definition) is 6. The van der Waals surface area contributed by atoms with E-state index in [1.54, 1.807) is 25.5 Å². The van der Waals surface area contributed by atoms with Crippen LogP contribution in [-0.4, -0.2) is 40.9 Å². The lowest BCUT2D eigenvalue weighted by molar-refractivity contribution is 0.638. The van der Waals surface area contributed by atoms with Crippen molar-refractivity contribution in [2.24, 2.45) is 7.05 Å². The van der Waals surface area contributed by atoms with Crippen LogP contribution in [0.15, 0.2) is 29.3 Å². The van der Waals surface area contributed by atoms with Gasteiger partial charge in [0, 0.05) is 39.4 Å². The lowest BCUT2D eigenvalue weighted by Gasteiger charge is -2.36. The zero-order chi connectivity index (χ0) is 16.4. The third-order valence-electron chi connectivity index (χ3n) is 3.88. The molecule has 0 unspecified atom stereocenters. The van der Waals surface area contributed by atoms with Crippen molar-refractivity contribution in [3.05, 3.63) is 45.5 Å². The molecule has 0 atom stereocenters. The van der Waals surface area contributed by atoms with Gasteiger partial charge in [-0.05, 0) is 12.1 Å². The first-order chi connectivity index (χ1) is 11.1. The van der Waals surface area contributed by atoms with E-state index in [0.717, 1.165) is 32.0 Å². The monoisotopic (exact) mass is 330 g/mol. The van der Waals surface area contributed by atoms with Crippen molar-refractivity contribution in [1.82, 2.24) is 14.8 Å². The maximum atomic E-state index is 11.9. The molecule has 3 rings (SSSR count). The van der Waals surface area contributed by atoms with Crippen LogP contribution in [0.1, 0.15) is 5.56 Å². The molecular weight excluding hydrogens is 316 g/mol. The topological polar surface area (TPSA) is 78.1 Å². The molecule has 1 saturated heterocycles. The minimum Gasteiger partial charge on any atom is -0.365 e. The molecule has 1 aliphatic heterocycles. The fourth-order valence-electron chi connectivity index (χ4n) is 2.54. The van der Waals surface area contributed by atoms with E-state index in [-0.39, 0.29) is 10.6 Å². The summed E-state index contributed by atoms with van der Waals surface area (Å²) in [5, 5.41) is 13.0. The van der Waals surface area contributed by atoms with Crippen LogP contribution in [0.25, 0.3) is 0 Å². The Bertz CT molecular complexity index is 802. The van der Waals surface area contributed by atoms with Crippen LogP contribution < -0.4 is 15.4 Å². The van der Waals surface area contributed by atoms with Crippen LogP contribution in [0, 0.1) is 11.3 Å². The lowest BCUT2D eigenvalue weighted by atomic mass is 10.2. The Morgan fingerprint density at radius 1 is 1.17 bits per heavy atom. The quantitative estimate of drug-likeness (QED) is 0.818. The number of nitrogens with zero attached hydrogens (tertiary/aromatic N) is 6. The average Bonchev–Trinajstić information content (AvgIpc) is 2.60. The van der Waals surface area contributed by atoms with Crippen LogP contribution in [0.4, 0.5) is 11.5 Å². The second kappa shape index (κ2) is 6.26. The SMILES string of the molecule is Cn1ncc(N2CCN(c3ccc(C#N)cn3)CC2)c(Cl)c1=O. The highest BCUT2D eigenvalue weighted by Gasteiger charge is 2.21. The van der Waals surface area contributed by atoms with Gasteiger partial charge in [0.25, 0.3) is 5.56 Å². The zero-order valence-corrected chi connectivity index (χ0v) is 13.4. The van der Waals surface area contributed by atoms with Gasteiger partial charge in [-0.1, -0.05) is 11.6 Å². The first kappa shape index (κ1) is 15.3. The summed E-state index contributed by atoms with van der Waals surface area (Å²) in [4.78, 5) is 20.4. The number of hydrogen-bond donors (Lipinski definition) is 0. The van der Waals surface area contributed by atoms with Gasteiger partial charge in [0.1, 0.15) is 16.9 Å². The molecule has 2 aromatic heterocycles. The summed E-state index contributed by atoms with van der Waals surface area (Å²) >= 11 is 6.15. The zero-order valence-electron chi connectivity index (χ0n) is 12.6. The van der Waals surface area contributed by atoms with Gasteiger partial charge in [-0.3, -0.25) is 4.79 Å². The van der Waals surface area contributed by atoms with Gasteiger partial charge >= 0.3 is 0 Å². The first-order valence-corrected chi connectivity index (χ1v) is 7.56. The summed E-state index contributed by atoms with van der Waals surface area (Å²) in [7, 11) is 1.58. The molecule has 0 saturated carbocycles. The highest BCUT2D eigenvalue weighted by Crippen LogP contribution is 2.23. The molecule has 1 aliphatic rings. The van der Waals surface area contributed by atoms with Gasteiger partial charge in [-0.2, -0.15) is 10.4 Å². The van der Waals surface area contributed by atoms with E-state index in [1.807, 2.05) is 6.07 Å². The number of aromatic nitrogens is 3. The highest BCUT2D eigenvalue weighted by atomic mass is 35.5. The molecule has 3 heterocycles. The van der Waals surface area contributed by atoms with Crippen molar-refractivity contribution in [3.8, 4) is 6.07 Å². The number of anilines is 2. The minimum atomic E-state index is -0.291. The van der Waals surface area contributed by atoms with Crippen LogP contribution in [0.2, 0.25) is 5.02 Å². The Morgan fingerprint density at radius 3 is 2.48 bits per heavy atom. The normalized spacial score (nSPS) is 14.7. The van der Waals surface area contributed by atoms with Crippen LogP contribution >= 0.6 is 11.6 Å². The van der Waals surface area contributed by atoms with Crippen molar-refractivity contribution in [2.45, 2.75) is 0 Å². The summed E-state index contributed by atoms with van der Waals surface area (Å²) in [6, 6.07) is 5.67. The van der Waals surface area contributed by atoms with E-state index in [1.165, 1.54) is 4.68 Å². The Labute approximate surface area is 138 Å². The van der Waals surface area contributed by atoms with E-state index >= 15 is 0 Å². The predicted octanol–water partition coefficient (Wildman–Crippen LogP) is 1.03. The summed E-state index contributed by atoms with van der Waals surface area (Å²) < 4.78 is 1.22. The molecule has 0 spiro atoms. The smallest absolute Gasteiger partial charge is 0.287 e. The van der Waals surface area contributed by atoms with Gasteiger partial charge in [0.15, 0.2) is 0 Å². The molecule has 0 N–H and O–H groups in total. The molecule has 0 aromatic carbocycles. The van der Waals surface area contributed by atoms with E-state index in [4.69, 9.17) is 16.9 Å². The van der Waals surface area contributed by atoms with E-state index in [9.17, 15) is 4.79 Å². The Balaban J connectivity index is 1.72. The molecule has 0 amide bonds. The van der Waals surface area contributed by atoms with Crippen LogP contribution in [-0.2, 0) is 7.05 Å². The third kappa shape index (κ3) is 2.98.